The lowest BCUT2D eigenvalue weighted by molar-refractivity contribution is -0.201. The number of ether oxygens (including phenoxy) is 1. The maximum absolute atomic E-state index is 11.7. The summed E-state index contributed by atoms with van der Waals surface area (Å²) in [6.07, 6.45) is -9.40. The molecule has 0 aliphatic carbocycles. The largest absolute Gasteiger partial charge is 0.491 e. The fourth-order valence-electron chi connectivity index (χ4n) is 1.68. The van der Waals surface area contributed by atoms with Crippen LogP contribution in [0.5, 0.6) is 0 Å². The number of carbonyl (C=O) groups is 3. The molecule has 38 heavy (non-hydrogen) atoms. The number of nitrogens with one attached hydrogen (secondary N) is 1. The van der Waals surface area contributed by atoms with E-state index in [-0.39, 0.29) is 18.8 Å². The Balaban J connectivity index is -0.000000450. The quantitative estimate of drug-likeness (QED) is 0.329. The minimum Gasteiger partial charge on any atom is -0.387 e. The molecule has 0 saturated carbocycles. The van der Waals surface area contributed by atoms with Crippen molar-refractivity contribution in [3.8, 4) is 0 Å². The van der Waals surface area contributed by atoms with Crippen molar-refractivity contribution in [3.63, 3.8) is 0 Å². The molecule has 0 atom stereocenters. The molecule has 1 amide bonds. The summed E-state index contributed by atoms with van der Waals surface area (Å²) in [5.74, 6) is -5.68. The number of rotatable bonds is 3. The highest BCUT2D eigenvalue weighted by molar-refractivity contribution is 5.87. The molecule has 0 heterocycles. The molecule has 0 radical (unpaired) electrons. The van der Waals surface area contributed by atoms with Crippen LogP contribution in [0.25, 0.3) is 0 Å². The Morgan fingerprint density at radius 3 is 1.37 bits per heavy atom. The van der Waals surface area contributed by atoms with Crippen LogP contribution in [0.3, 0.4) is 0 Å². The van der Waals surface area contributed by atoms with Crippen molar-refractivity contribution in [1.29, 1.82) is 0 Å². The monoisotopic (exact) mass is 554 g/mol. The van der Waals surface area contributed by atoms with Gasteiger partial charge < -0.3 is 15.8 Å². The first kappa shape index (κ1) is 37.9. The summed E-state index contributed by atoms with van der Waals surface area (Å²) in [5.41, 5.74) is 7.17. The van der Waals surface area contributed by atoms with Crippen LogP contribution in [0, 0.1) is 0 Å². The Bertz CT molecular complexity index is 1010. The van der Waals surface area contributed by atoms with Crippen molar-refractivity contribution in [2.45, 2.75) is 32.4 Å². The van der Waals surface area contributed by atoms with E-state index in [0.29, 0.717) is 19.0 Å². The lowest BCUT2D eigenvalue weighted by Crippen LogP contribution is -2.36. The summed E-state index contributed by atoms with van der Waals surface area (Å²) < 4.78 is 72.0. The van der Waals surface area contributed by atoms with E-state index in [9.17, 15) is 40.7 Å². The van der Waals surface area contributed by atoms with Gasteiger partial charge in [0.15, 0.2) is 0 Å². The zero-order chi connectivity index (χ0) is 30.2. The molecule has 208 valence electrons. The molecular formula is C22H20F6N2O8. The lowest BCUT2D eigenvalue weighted by Gasteiger charge is -2.07. The van der Waals surface area contributed by atoms with Gasteiger partial charge in [-0.1, -0.05) is 60.7 Å². The van der Waals surface area contributed by atoms with E-state index in [0.717, 1.165) is 0 Å². The van der Waals surface area contributed by atoms with Gasteiger partial charge in [0.1, 0.15) is 0 Å². The summed E-state index contributed by atoms with van der Waals surface area (Å²) in [6.45, 7) is 1.24. The summed E-state index contributed by atoms with van der Waals surface area (Å²) in [5, 5.41) is 1.77. The highest BCUT2D eigenvalue weighted by atomic mass is 19.4. The molecule has 0 aliphatic rings. The Hall–Kier alpha value is -4.65. The second-order valence-electron chi connectivity index (χ2n) is 5.90. The van der Waals surface area contributed by atoms with E-state index in [1.807, 2.05) is 30.3 Å². The number of amides is 1. The van der Waals surface area contributed by atoms with Crippen molar-refractivity contribution in [2.75, 3.05) is 0 Å². The minimum atomic E-state index is -5.09. The van der Waals surface area contributed by atoms with E-state index in [2.05, 4.69) is 4.74 Å². The van der Waals surface area contributed by atoms with Gasteiger partial charge in [-0.05, 0) is 11.1 Å². The van der Waals surface area contributed by atoms with Crippen molar-refractivity contribution >= 4 is 30.1 Å². The van der Waals surface area contributed by atoms with E-state index in [1.165, 1.54) is 5.56 Å². The number of alkyl halides is 6. The summed E-state index contributed by atoms with van der Waals surface area (Å²) in [7, 11) is 0. The van der Waals surface area contributed by atoms with Crippen molar-refractivity contribution < 1.29 is 64.6 Å². The van der Waals surface area contributed by atoms with Gasteiger partial charge in [0.25, 0.3) is 0 Å². The van der Waals surface area contributed by atoms with Gasteiger partial charge in [0, 0.05) is 20.0 Å². The Labute approximate surface area is 210 Å². The maximum atomic E-state index is 11.7. The standard InChI is InChI=1S/C9H8F3NO.C7H9N.C4H3F3O3.2CO2/c10-9(11,12)8(14)13-6-7-4-2-1-3-5-7;8-6-7-4-2-1-3-5-7;1-2(8)10-3(9)4(5,6)7;2*2-1-3/h1-5H,6H2,(H,13,14);1-5H,6,8H2;1H3;;. The molecule has 0 saturated heterocycles. The zero-order valence-corrected chi connectivity index (χ0v) is 19.3. The number of carbonyl (C=O) groups excluding carboxylic acids is 7. The van der Waals surface area contributed by atoms with Crippen LogP contribution < -0.4 is 11.1 Å². The second-order valence-corrected chi connectivity index (χ2v) is 5.90. The van der Waals surface area contributed by atoms with Gasteiger partial charge in [-0.15, -0.1) is 0 Å². The van der Waals surface area contributed by atoms with Crippen LogP contribution >= 0.6 is 0 Å². The van der Waals surface area contributed by atoms with Gasteiger partial charge in [0.05, 0.1) is 0 Å². The first-order valence-electron chi connectivity index (χ1n) is 9.51. The summed E-state index contributed by atoms with van der Waals surface area (Å²) >= 11 is 0. The molecule has 10 nitrogen and oxygen atoms in total. The van der Waals surface area contributed by atoms with Gasteiger partial charge in [-0.3, -0.25) is 9.59 Å². The molecule has 3 N–H and O–H groups in total. The second kappa shape index (κ2) is 21.6. The first-order valence-corrected chi connectivity index (χ1v) is 9.51. The predicted octanol–water partition coefficient (Wildman–Crippen LogP) is 2.48. The Morgan fingerprint density at radius 1 is 0.763 bits per heavy atom. The van der Waals surface area contributed by atoms with Gasteiger partial charge in [-0.25, -0.2) is 4.79 Å². The smallest absolute Gasteiger partial charge is 0.387 e. The predicted molar refractivity (Wildman–Crippen MR) is 112 cm³/mol. The summed E-state index contributed by atoms with van der Waals surface area (Å²) in [4.78, 5) is 62.4. The van der Waals surface area contributed by atoms with Crippen molar-refractivity contribution in [1.82, 2.24) is 5.32 Å². The van der Waals surface area contributed by atoms with E-state index in [1.54, 1.807) is 35.6 Å². The van der Waals surface area contributed by atoms with Crippen LogP contribution in [0.1, 0.15) is 18.1 Å². The lowest BCUT2D eigenvalue weighted by atomic mass is 10.2. The van der Waals surface area contributed by atoms with E-state index >= 15 is 0 Å². The first-order chi connectivity index (χ1) is 17.6. The molecular weight excluding hydrogens is 534 g/mol. The maximum Gasteiger partial charge on any atom is 0.491 e. The van der Waals surface area contributed by atoms with Gasteiger partial charge in [0.2, 0.25) is 0 Å². The average molecular weight is 554 g/mol. The molecule has 0 unspecified atom stereocenters. The molecule has 2 aromatic carbocycles. The average Bonchev–Trinajstić information content (AvgIpc) is 2.84. The molecule has 2 aromatic rings. The normalized spacial score (nSPS) is 9.26. The molecule has 16 heteroatoms. The highest BCUT2D eigenvalue weighted by Crippen LogP contribution is 2.16. The number of esters is 2. The van der Waals surface area contributed by atoms with E-state index < -0.39 is 30.2 Å². The van der Waals surface area contributed by atoms with Crippen molar-refractivity contribution in [3.05, 3.63) is 71.8 Å². The molecule has 2 rings (SSSR count). The fourth-order valence-corrected chi connectivity index (χ4v) is 1.68. The molecule has 0 fully saturated rings. The van der Waals surface area contributed by atoms with Crippen LogP contribution in [0.2, 0.25) is 0 Å². The van der Waals surface area contributed by atoms with Gasteiger partial charge in [-0.2, -0.15) is 45.5 Å². The molecule has 0 bridgehead atoms. The zero-order valence-electron chi connectivity index (χ0n) is 19.3. The molecule has 0 aromatic heterocycles. The minimum absolute atomic E-state index is 0.112. The van der Waals surface area contributed by atoms with Crippen LogP contribution in [-0.4, -0.2) is 42.5 Å². The van der Waals surface area contributed by atoms with Crippen LogP contribution in [-0.2, 0) is 51.4 Å². The Kier molecular flexibility index (Phi) is 21.6. The van der Waals surface area contributed by atoms with Crippen LogP contribution in [0.15, 0.2) is 60.7 Å². The van der Waals surface area contributed by atoms with Crippen molar-refractivity contribution in [2.24, 2.45) is 5.73 Å². The third-order valence-electron chi connectivity index (χ3n) is 3.10. The number of benzene rings is 2. The third kappa shape index (κ3) is 24.5. The Morgan fingerprint density at radius 2 is 1.13 bits per heavy atom. The SMILES string of the molecule is CC(=O)OC(=O)C(F)(F)F.NCc1ccccc1.O=C(NCc1ccccc1)C(F)(F)F.O=C=O.O=C=O. The number of halogens is 6. The number of hydrogen-bond donors (Lipinski definition) is 2. The molecule has 0 spiro atoms. The van der Waals surface area contributed by atoms with Crippen LogP contribution in [0.4, 0.5) is 26.3 Å². The van der Waals surface area contributed by atoms with Gasteiger partial charge >= 0.3 is 42.5 Å². The number of nitrogens with two attached hydrogens (primary N) is 1. The van der Waals surface area contributed by atoms with E-state index in [4.69, 9.17) is 24.9 Å². The highest BCUT2D eigenvalue weighted by Gasteiger charge is 2.41. The summed E-state index contributed by atoms with van der Waals surface area (Å²) in [6, 6.07) is 18.4. The number of hydrogen-bond acceptors (Lipinski definition) is 9. The topological polar surface area (TPSA) is 167 Å². The fraction of sp³-hybridized carbons (Fsp3) is 0.227. The third-order valence-corrected chi connectivity index (χ3v) is 3.10. The molecule has 0 aliphatic heterocycles.